The van der Waals surface area contributed by atoms with Crippen molar-refractivity contribution < 1.29 is 96.0 Å². The van der Waals surface area contributed by atoms with Gasteiger partial charge in [0, 0.05) is 67.2 Å². The summed E-state index contributed by atoms with van der Waals surface area (Å²) in [6, 6.07) is 31.4. The molecule has 30 heteroatoms. The van der Waals surface area contributed by atoms with Crippen LogP contribution in [0.2, 0.25) is 0 Å². The third-order valence-corrected chi connectivity index (χ3v) is 18.9. The molecular weight excluding hydrogens is 1460 g/mol. The number of nitrogens with zero attached hydrogens (tertiary/aromatic N) is 10. The second kappa shape index (κ2) is 35.5. The normalized spacial score (nSPS) is 13.5. The van der Waals surface area contributed by atoms with Crippen LogP contribution in [0.1, 0.15) is 119 Å². The molecule has 0 fully saturated rings. The van der Waals surface area contributed by atoms with E-state index in [1.807, 2.05) is 85.7 Å². The average Bonchev–Trinajstić information content (AvgIpc) is 1.34. The standard InChI is InChI=1S/2C36H37F2N6O3S.C2HF3O2.BrH/c2*1-6-40-25(5)35(45)47-33-22(2)13-27(14-23(33)3)17-43-20-41-44(21-43)19-36(46,30-12-11-29(37)15-31(30)38)24(4)34-42-32(18-48-34)28-9-7-26(16-39)8-10-28;3-2(4,5)1(6)7;/h2*7-15,18,20-21,24-25,40,46H,6,17,19H2,1-5H3;(H,6,7);1H/q2*+1;;/p-2/t2*24-,25-,36+;;/m00../s1. The van der Waals surface area contributed by atoms with Gasteiger partial charge in [0.2, 0.25) is 12.7 Å². The first-order chi connectivity index (χ1) is 48.8. The van der Waals surface area contributed by atoms with E-state index in [9.17, 15) is 41.8 Å². The largest absolute Gasteiger partial charge is 1.00 e. The van der Waals surface area contributed by atoms with E-state index in [0.717, 1.165) is 68.8 Å². The van der Waals surface area contributed by atoms with Gasteiger partial charge in [-0.25, -0.2) is 46.3 Å². The molecule has 0 aliphatic heterocycles. The molecule has 0 radical (unpaired) electrons. The molecule has 6 aromatic carbocycles. The molecule has 0 saturated heterocycles. The Kier molecular flexibility index (Phi) is 27.8. The number of nitrogens with one attached hydrogen (secondary N) is 2. The Morgan fingerprint density at radius 1 is 0.587 bits per heavy atom. The fourth-order valence-electron chi connectivity index (χ4n) is 11.4. The summed E-state index contributed by atoms with van der Waals surface area (Å²) < 4.78 is 108. The number of hydrogen-bond acceptors (Lipinski definition) is 18. The van der Waals surface area contributed by atoms with Gasteiger partial charge in [-0.2, -0.15) is 23.7 Å². The molecule has 4 heterocycles. The molecule has 4 N–H and O–H groups in total. The number of ether oxygens (including phenoxy) is 2. The van der Waals surface area contributed by atoms with Crippen LogP contribution in [0.4, 0.5) is 30.7 Å². The minimum Gasteiger partial charge on any atom is -1.00 e. The number of carbonyl (C=O) groups is 3. The number of aliphatic carboxylic acids is 1. The molecule has 10 aromatic rings. The van der Waals surface area contributed by atoms with E-state index < -0.39 is 70.5 Å². The Labute approximate surface area is 614 Å². The van der Waals surface area contributed by atoms with E-state index >= 15 is 8.78 Å². The second-order valence-corrected chi connectivity index (χ2v) is 26.4. The van der Waals surface area contributed by atoms with E-state index in [-0.39, 0.29) is 53.1 Å². The minimum atomic E-state index is -5.19. The minimum absolute atomic E-state index is 0. The van der Waals surface area contributed by atoms with Gasteiger partial charge in [0.15, 0.2) is 0 Å². The van der Waals surface area contributed by atoms with Gasteiger partial charge in [0.25, 0.3) is 12.7 Å². The van der Waals surface area contributed by atoms with Crippen molar-refractivity contribution in [2.75, 3.05) is 13.1 Å². The van der Waals surface area contributed by atoms with Gasteiger partial charge in [-0.3, -0.25) is 0 Å². The number of likely N-dealkylation sites (N-methyl/N-ethyl adjacent to an activating group) is 2. The average molecular weight is 1540 g/mol. The van der Waals surface area contributed by atoms with Crippen LogP contribution in [0.25, 0.3) is 22.5 Å². The van der Waals surface area contributed by atoms with Crippen LogP contribution in [-0.2, 0) is 51.8 Å². The van der Waals surface area contributed by atoms with Gasteiger partial charge in [-0.1, -0.05) is 64.1 Å². The van der Waals surface area contributed by atoms with Crippen molar-refractivity contribution in [3.63, 3.8) is 0 Å². The molecule has 20 nitrogen and oxygen atoms in total. The Morgan fingerprint density at radius 3 is 1.22 bits per heavy atom. The van der Waals surface area contributed by atoms with Gasteiger partial charge in [0.05, 0.1) is 57.8 Å². The predicted molar refractivity (Wildman–Crippen MR) is 365 cm³/mol. The number of esters is 2. The summed E-state index contributed by atoms with van der Waals surface area (Å²) in [5, 5.41) is 71.4. The first kappa shape index (κ1) is 81.4. The lowest BCUT2D eigenvalue weighted by Gasteiger charge is -2.32. The number of rotatable bonds is 24. The Morgan fingerprint density at radius 2 is 0.923 bits per heavy atom. The van der Waals surface area contributed by atoms with Gasteiger partial charge in [0.1, 0.15) is 77.1 Å². The zero-order valence-corrected chi connectivity index (χ0v) is 61.3. The maximum absolute atomic E-state index is 15.3. The number of alkyl halides is 3. The number of benzene rings is 6. The third-order valence-electron chi connectivity index (χ3n) is 16.8. The lowest BCUT2D eigenvalue weighted by Crippen LogP contribution is -3.00. The van der Waals surface area contributed by atoms with Crippen LogP contribution >= 0.6 is 22.7 Å². The Hall–Kier alpha value is -9.92. The maximum Gasteiger partial charge on any atom is 0.430 e. The van der Waals surface area contributed by atoms with E-state index in [4.69, 9.17) is 39.9 Å². The first-order valence-electron chi connectivity index (χ1n) is 32.3. The Balaban J connectivity index is 0.000000264. The maximum atomic E-state index is 15.3. The van der Waals surface area contributed by atoms with Crippen molar-refractivity contribution in [2.45, 2.75) is 137 Å². The fourth-order valence-corrected chi connectivity index (χ4v) is 13.3. The van der Waals surface area contributed by atoms with Gasteiger partial charge in [-0.15, -0.1) is 32.0 Å². The second-order valence-electron chi connectivity index (χ2n) is 24.6. The SMILES string of the molecule is CCN[C@@H](C)C(=O)Oc1c(C)cc(C[n+]2cnn(C[C@](O)(c3ccc(F)cc3F)[C@@H](C)c3nc(-c4ccc(C#N)cc4)cs3)c2)cc1C.CCN[C@@H](C)C(=O)Oc1c(C)cc(C[n+]2cnn(C[C@](O)(c3ccc(F)cc3F)[C@@H](C)c3nc(-c4ccc(C#N)cc4)cs3)c2)cc1C.O=C([O-])C(F)(F)F.[Br-]. The van der Waals surface area contributed by atoms with Crippen molar-refractivity contribution >= 4 is 40.6 Å². The molecule has 546 valence electrons. The number of carbonyl (C=O) groups excluding carboxylic acids is 3. The summed E-state index contributed by atoms with van der Waals surface area (Å²) in [4.78, 5) is 43.3. The number of aromatic nitrogens is 8. The molecule has 0 saturated carbocycles. The highest BCUT2D eigenvalue weighted by molar-refractivity contribution is 7.10. The molecule has 0 aliphatic carbocycles. The van der Waals surface area contributed by atoms with Crippen molar-refractivity contribution in [1.29, 1.82) is 10.5 Å². The number of halogens is 8. The quantitative estimate of drug-likeness (QED) is 0.0195. The molecular formula is C74H74BrF7N12O8S2. The summed E-state index contributed by atoms with van der Waals surface area (Å²) in [7, 11) is 0. The van der Waals surface area contributed by atoms with E-state index in [2.05, 4.69) is 33.0 Å². The highest BCUT2D eigenvalue weighted by atomic mass is 79.9. The van der Waals surface area contributed by atoms with Gasteiger partial charge >= 0.3 is 18.1 Å². The smallest absolute Gasteiger partial charge is 0.430 e. The molecule has 0 amide bonds. The van der Waals surface area contributed by atoms with E-state index in [1.54, 1.807) is 102 Å². The zero-order valence-electron chi connectivity index (χ0n) is 58.1. The summed E-state index contributed by atoms with van der Waals surface area (Å²) >= 11 is 2.64. The summed E-state index contributed by atoms with van der Waals surface area (Å²) in [5.74, 6) is -7.35. The van der Waals surface area contributed by atoms with Crippen LogP contribution in [0.15, 0.2) is 145 Å². The van der Waals surface area contributed by atoms with Crippen LogP contribution < -0.4 is 51.3 Å². The molecule has 0 spiro atoms. The summed E-state index contributed by atoms with van der Waals surface area (Å²) in [6.45, 7) is 20.3. The number of nitriles is 2. The molecule has 0 aliphatic rings. The lowest BCUT2D eigenvalue weighted by molar-refractivity contribution is -0.689. The molecule has 0 bridgehead atoms. The topological polar surface area (TPSA) is 274 Å². The molecule has 6 atom stereocenters. The van der Waals surface area contributed by atoms with E-state index in [1.165, 1.54) is 44.2 Å². The van der Waals surface area contributed by atoms with Crippen LogP contribution in [0.3, 0.4) is 0 Å². The number of carboxylic acids is 1. The molecule has 4 aromatic heterocycles. The Bertz CT molecular complexity index is 4420. The van der Waals surface area contributed by atoms with E-state index in [0.29, 0.717) is 70.2 Å². The van der Waals surface area contributed by atoms with Crippen molar-refractivity contribution in [1.82, 2.24) is 40.2 Å². The fraction of sp³-hybridized carbons (Fsp3) is 0.311. The predicted octanol–water partition coefficient (Wildman–Crippen LogP) is 7.71. The number of aryl methyl sites for hydroxylation is 4. The summed E-state index contributed by atoms with van der Waals surface area (Å²) in [6.07, 6.45) is 1.43. The van der Waals surface area contributed by atoms with Crippen LogP contribution in [0.5, 0.6) is 11.5 Å². The third kappa shape index (κ3) is 20.3. The molecule has 10 rings (SSSR count). The number of thiazole rings is 2. The van der Waals surface area contributed by atoms with Crippen LogP contribution in [0, 0.1) is 73.6 Å². The lowest BCUT2D eigenvalue weighted by atomic mass is 9.82. The number of hydrogen-bond donors (Lipinski definition) is 4. The monoisotopic (exact) mass is 1530 g/mol. The highest BCUT2D eigenvalue weighted by Gasteiger charge is 2.45. The molecule has 0 unspecified atom stereocenters. The van der Waals surface area contributed by atoms with Gasteiger partial charge in [-0.05, 0) is 149 Å². The van der Waals surface area contributed by atoms with Crippen molar-refractivity contribution in [3.05, 3.63) is 234 Å². The number of aliphatic hydroxyl groups is 2. The highest BCUT2D eigenvalue weighted by Crippen LogP contribution is 2.44. The summed E-state index contributed by atoms with van der Waals surface area (Å²) in [5.41, 5.74) is 5.24. The van der Waals surface area contributed by atoms with Crippen molar-refractivity contribution in [2.24, 2.45) is 0 Å². The first-order valence-corrected chi connectivity index (χ1v) is 34.0. The van der Waals surface area contributed by atoms with Gasteiger partial charge < -0.3 is 57.2 Å². The zero-order chi connectivity index (χ0) is 75.3. The molecule has 104 heavy (non-hydrogen) atoms. The van der Waals surface area contributed by atoms with Crippen molar-refractivity contribution in [3.8, 4) is 46.2 Å². The van der Waals surface area contributed by atoms with Crippen LogP contribution in [-0.4, -0.2) is 89.0 Å². The number of carboxylic acid groups (broad SMARTS) is 1.